The second kappa shape index (κ2) is 8.96. The number of benzene rings is 1. The van der Waals surface area contributed by atoms with Gasteiger partial charge in [-0.3, -0.25) is 4.79 Å². The lowest BCUT2D eigenvalue weighted by molar-refractivity contribution is 0.112. The van der Waals surface area contributed by atoms with Crippen molar-refractivity contribution in [3.8, 4) is 11.4 Å². The second-order valence-corrected chi connectivity index (χ2v) is 6.02. The van der Waals surface area contributed by atoms with Gasteiger partial charge in [-0.2, -0.15) is 10.1 Å². The minimum Gasteiger partial charge on any atom is -0.494 e. The molecule has 0 unspecified atom stereocenters. The molecule has 1 aromatic carbocycles. The van der Waals surface area contributed by atoms with Crippen LogP contribution in [0.5, 0.6) is 5.75 Å². The zero-order chi connectivity index (χ0) is 19.9. The van der Waals surface area contributed by atoms with E-state index in [0.29, 0.717) is 22.9 Å². The number of carbonyl (C=O) groups is 1. The van der Waals surface area contributed by atoms with Crippen LogP contribution in [0.4, 0.5) is 17.5 Å². The summed E-state index contributed by atoms with van der Waals surface area (Å²) in [7, 11) is 5.31. The third-order valence-corrected chi connectivity index (χ3v) is 4.09. The lowest BCUT2D eigenvalue weighted by atomic mass is 10.2. The average Bonchev–Trinajstić information content (AvgIpc) is 3.21. The molecule has 0 aliphatic heterocycles. The molecule has 3 N–H and O–H groups in total. The van der Waals surface area contributed by atoms with Crippen LogP contribution >= 0.6 is 0 Å². The van der Waals surface area contributed by atoms with Gasteiger partial charge in [-0.15, -0.1) is 0 Å². The Morgan fingerprint density at radius 2 is 2.07 bits per heavy atom. The van der Waals surface area contributed by atoms with Crippen molar-refractivity contribution in [2.75, 3.05) is 38.4 Å². The number of likely N-dealkylation sites (N-methyl/N-ethyl adjacent to an activating group) is 1. The highest BCUT2D eigenvalue weighted by Crippen LogP contribution is 2.27. The number of methoxy groups -OCH3 is 1. The number of nitrogens with one attached hydrogen (secondary N) is 3. The summed E-state index contributed by atoms with van der Waals surface area (Å²) in [5.41, 5.74) is 2.87. The van der Waals surface area contributed by atoms with Crippen molar-refractivity contribution in [1.29, 1.82) is 0 Å². The van der Waals surface area contributed by atoms with Gasteiger partial charge in [-0.05, 0) is 25.2 Å². The minimum atomic E-state index is 0.486. The third-order valence-electron chi connectivity index (χ3n) is 4.09. The van der Waals surface area contributed by atoms with Crippen LogP contribution in [0.2, 0.25) is 0 Å². The molecule has 0 spiro atoms. The fourth-order valence-corrected chi connectivity index (χ4v) is 2.67. The van der Waals surface area contributed by atoms with Crippen LogP contribution in [0.1, 0.15) is 16.1 Å². The topological polar surface area (TPSA) is 106 Å². The van der Waals surface area contributed by atoms with Crippen LogP contribution in [0, 0.1) is 0 Å². The molecule has 0 saturated heterocycles. The zero-order valence-electron chi connectivity index (χ0n) is 16.1. The van der Waals surface area contributed by atoms with Gasteiger partial charge in [0.25, 0.3) is 0 Å². The second-order valence-electron chi connectivity index (χ2n) is 6.02. The maximum atomic E-state index is 11.0. The van der Waals surface area contributed by atoms with E-state index >= 15 is 0 Å². The van der Waals surface area contributed by atoms with Gasteiger partial charge >= 0.3 is 0 Å². The molecule has 0 bridgehead atoms. The van der Waals surface area contributed by atoms with E-state index in [4.69, 9.17) is 4.74 Å². The Balaban J connectivity index is 1.92. The molecule has 0 atom stereocenters. The van der Waals surface area contributed by atoms with E-state index in [2.05, 4.69) is 31.0 Å². The van der Waals surface area contributed by atoms with E-state index in [1.165, 1.54) is 6.20 Å². The maximum Gasteiger partial charge on any atom is 0.229 e. The first-order valence-electron chi connectivity index (χ1n) is 8.82. The van der Waals surface area contributed by atoms with Crippen molar-refractivity contribution in [3.05, 3.63) is 47.9 Å². The Hall–Kier alpha value is -3.46. The Labute approximate surface area is 163 Å². The van der Waals surface area contributed by atoms with Crippen LogP contribution < -0.4 is 20.7 Å². The van der Waals surface area contributed by atoms with Gasteiger partial charge in [0.05, 0.1) is 18.9 Å². The molecule has 2 aromatic heterocycles. The number of ether oxygens (including phenoxy) is 1. The molecule has 9 nitrogen and oxygen atoms in total. The molecule has 9 heteroatoms. The first kappa shape index (κ1) is 19.3. The predicted molar refractivity (Wildman–Crippen MR) is 108 cm³/mol. The molecule has 0 saturated carbocycles. The highest BCUT2D eigenvalue weighted by atomic mass is 16.5. The SMILES string of the molecule is CNCCc1cc(NC)nc(Nc2ccc(OC)c(-n3cc(C=O)cn3)c2)n1. The van der Waals surface area contributed by atoms with E-state index in [-0.39, 0.29) is 0 Å². The number of aromatic nitrogens is 4. The van der Waals surface area contributed by atoms with Gasteiger partial charge in [0.1, 0.15) is 17.3 Å². The van der Waals surface area contributed by atoms with Crippen molar-refractivity contribution >= 4 is 23.7 Å². The van der Waals surface area contributed by atoms with E-state index in [1.807, 2.05) is 38.4 Å². The Kier molecular flexibility index (Phi) is 6.18. The molecular formula is C19H23N7O2. The molecule has 3 rings (SSSR count). The monoisotopic (exact) mass is 381 g/mol. The molecule has 3 aromatic rings. The highest BCUT2D eigenvalue weighted by Gasteiger charge is 2.10. The number of anilines is 3. The van der Waals surface area contributed by atoms with Gasteiger partial charge in [0.2, 0.25) is 5.95 Å². The number of aldehydes is 1. The molecule has 0 radical (unpaired) electrons. The van der Waals surface area contributed by atoms with Gasteiger partial charge in [-0.1, -0.05) is 0 Å². The lowest BCUT2D eigenvalue weighted by Gasteiger charge is -2.13. The quantitative estimate of drug-likeness (QED) is 0.484. The first-order valence-corrected chi connectivity index (χ1v) is 8.82. The predicted octanol–water partition coefficient (Wildman–Crippen LogP) is 2.03. The standard InChI is InChI=1S/C19H23N7O2/c1-20-7-6-15-9-18(21-2)25-19(24-15)23-14-4-5-17(28-3)16(8-14)26-11-13(12-27)10-22-26/h4-5,8-12,20H,6-7H2,1-3H3,(H2,21,23,24,25). The summed E-state index contributed by atoms with van der Waals surface area (Å²) < 4.78 is 7.02. The lowest BCUT2D eigenvalue weighted by Crippen LogP contribution is -2.12. The molecule has 0 aliphatic carbocycles. The molecule has 0 amide bonds. The van der Waals surface area contributed by atoms with Gasteiger partial charge in [0, 0.05) is 43.7 Å². The van der Waals surface area contributed by atoms with Crippen molar-refractivity contribution in [2.24, 2.45) is 0 Å². The van der Waals surface area contributed by atoms with Crippen LogP contribution in [-0.4, -0.2) is 53.8 Å². The average molecular weight is 381 g/mol. The minimum absolute atomic E-state index is 0.486. The Morgan fingerprint density at radius 3 is 2.75 bits per heavy atom. The molecule has 146 valence electrons. The van der Waals surface area contributed by atoms with Gasteiger partial charge in [0.15, 0.2) is 6.29 Å². The molecule has 0 aliphatic rings. The third kappa shape index (κ3) is 4.44. The Morgan fingerprint density at radius 1 is 1.21 bits per heavy atom. The first-order chi connectivity index (χ1) is 13.7. The number of hydrogen-bond acceptors (Lipinski definition) is 8. The van der Waals surface area contributed by atoms with Crippen LogP contribution in [0.3, 0.4) is 0 Å². The number of rotatable bonds is 9. The van der Waals surface area contributed by atoms with Crippen molar-refractivity contribution in [2.45, 2.75) is 6.42 Å². The van der Waals surface area contributed by atoms with Gasteiger partial charge in [-0.25, -0.2) is 9.67 Å². The van der Waals surface area contributed by atoms with E-state index < -0.39 is 0 Å². The molecular weight excluding hydrogens is 358 g/mol. The highest BCUT2D eigenvalue weighted by molar-refractivity contribution is 5.74. The van der Waals surface area contributed by atoms with E-state index in [0.717, 1.165) is 36.5 Å². The molecule has 0 fully saturated rings. The number of carbonyl (C=O) groups excluding carboxylic acids is 1. The van der Waals surface area contributed by atoms with Crippen molar-refractivity contribution in [3.63, 3.8) is 0 Å². The number of hydrogen-bond donors (Lipinski definition) is 3. The fourth-order valence-electron chi connectivity index (χ4n) is 2.67. The molecule has 28 heavy (non-hydrogen) atoms. The summed E-state index contributed by atoms with van der Waals surface area (Å²) in [5.74, 6) is 1.86. The van der Waals surface area contributed by atoms with Crippen LogP contribution in [0.15, 0.2) is 36.7 Å². The van der Waals surface area contributed by atoms with Gasteiger partial charge < -0.3 is 20.7 Å². The maximum absolute atomic E-state index is 11.0. The van der Waals surface area contributed by atoms with Crippen LogP contribution in [0.25, 0.3) is 5.69 Å². The summed E-state index contributed by atoms with van der Waals surface area (Å²) in [6.45, 7) is 0.824. The fraction of sp³-hybridized carbons (Fsp3) is 0.263. The van der Waals surface area contributed by atoms with Crippen LogP contribution in [-0.2, 0) is 6.42 Å². The summed E-state index contributed by atoms with van der Waals surface area (Å²) in [6.07, 6.45) is 4.68. The van der Waals surface area contributed by atoms with E-state index in [1.54, 1.807) is 18.0 Å². The Bertz CT molecular complexity index is 955. The summed E-state index contributed by atoms with van der Waals surface area (Å²) >= 11 is 0. The smallest absolute Gasteiger partial charge is 0.229 e. The number of nitrogens with zero attached hydrogens (tertiary/aromatic N) is 4. The normalized spacial score (nSPS) is 10.5. The molecule has 2 heterocycles. The summed E-state index contributed by atoms with van der Waals surface area (Å²) in [5, 5.41) is 13.6. The summed E-state index contributed by atoms with van der Waals surface area (Å²) in [4.78, 5) is 20.0. The largest absolute Gasteiger partial charge is 0.494 e. The van der Waals surface area contributed by atoms with Crippen molar-refractivity contribution in [1.82, 2.24) is 25.1 Å². The van der Waals surface area contributed by atoms with Crippen molar-refractivity contribution < 1.29 is 9.53 Å². The summed E-state index contributed by atoms with van der Waals surface area (Å²) in [6, 6.07) is 7.48. The zero-order valence-corrected chi connectivity index (χ0v) is 16.1. The van der Waals surface area contributed by atoms with E-state index in [9.17, 15) is 4.79 Å².